The SMILES string of the molecule is CC1CSCCN1C(=O)C(C)(N)C1CC1. The largest absolute Gasteiger partial charge is 0.337 e. The fraction of sp³-hybridized carbons (Fsp3) is 0.909. The standard InChI is InChI=1S/C11H20N2OS/c1-8-7-15-6-5-13(8)10(14)11(2,12)9-3-4-9/h8-9H,3-7,12H2,1-2H3. The normalized spacial score (nSPS) is 31.1. The van der Waals surface area contributed by atoms with Crippen LogP contribution < -0.4 is 5.73 Å². The second-order valence-corrected chi connectivity index (χ2v) is 6.13. The van der Waals surface area contributed by atoms with Gasteiger partial charge in [0.05, 0.1) is 5.54 Å². The smallest absolute Gasteiger partial charge is 0.242 e. The molecule has 1 heterocycles. The molecule has 2 atom stereocenters. The van der Waals surface area contributed by atoms with E-state index >= 15 is 0 Å². The van der Waals surface area contributed by atoms with Crippen LogP contribution in [-0.2, 0) is 4.79 Å². The zero-order valence-corrected chi connectivity index (χ0v) is 10.3. The molecule has 1 amide bonds. The van der Waals surface area contributed by atoms with Crippen LogP contribution in [0.15, 0.2) is 0 Å². The fourth-order valence-electron chi connectivity index (χ4n) is 2.20. The van der Waals surface area contributed by atoms with Crippen molar-refractivity contribution < 1.29 is 4.79 Å². The van der Waals surface area contributed by atoms with E-state index in [4.69, 9.17) is 5.73 Å². The Bertz CT molecular complexity index is 263. The van der Waals surface area contributed by atoms with E-state index in [1.165, 1.54) is 0 Å². The van der Waals surface area contributed by atoms with Crippen molar-refractivity contribution in [2.45, 2.75) is 38.3 Å². The number of hydrogen-bond donors (Lipinski definition) is 1. The predicted octanol–water partition coefficient (Wildman–Crippen LogP) is 1.08. The number of carbonyl (C=O) groups excluding carboxylic acids is 1. The van der Waals surface area contributed by atoms with Crippen LogP contribution in [0.2, 0.25) is 0 Å². The molecule has 2 rings (SSSR count). The van der Waals surface area contributed by atoms with Gasteiger partial charge in [0.25, 0.3) is 0 Å². The van der Waals surface area contributed by atoms with Crippen LogP contribution in [0, 0.1) is 5.92 Å². The van der Waals surface area contributed by atoms with Gasteiger partial charge in [0, 0.05) is 24.1 Å². The first-order chi connectivity index (χ1) is 7.03. The first kappa shape index (κ1) is 11.3. The van der Waals surface area contributed by atoms with Gasteiger partial charge in [-0.05, 0) is 32.6 Å². The Balaban J connectivity index is 2.05. The molecule has 2 aliphatic rings. The van der Waals surface area contributed by atoms with Crippen molar-refractivity contribution in [2.75, 3.05) is 18.1 Å². The van der Waals surface area contributed by atoms with Crippen LogP contribution in [0.5, 0.6) is 0 Å². The summed E-state index contributed by atoms with van der Waals surface area (Å²) in [6, 6.07) is 0.345. The zero-order chi connectivity index (χ0) is 11.1. The lowest BCUT2D eigenvalue weighted by atomic mass is 9.94. The zero-order valence-electron chi connectivity index (χ0n) is 9.53. The molecule has 1 saturated heterocycles. The minimum atomic E-state index is -0.615. The minimum absolute atomic E-state index is 0.165. The fourth-order valence-corrected chi connectivity index (χ4v) is 3.21. The van der Waals surface area contributed by atoms with Gasteiger partial charge >= 0.3 is 0 Å². The third-order valence-corrected chi connectivity index (χ3v) is 4.70. The molecule has 0 aromatic rings. The van der Waals surface area contributed by atoms with E-state index in [0.29, 0.717) is 12.0 Å². The molecule has 3 nitrogen and oxygen atoms in total. The lowest BCUT2D eigenvalue weighted by Crippen LogP contribution is -2.58. The van der Waals surface area contributed by atoms with E-state index in [-0.39, 0.29) is 5.91 Å². The molecule has 86 valence electrons. The monoisotopic (exact) mass is 228 g/mol. The van der Waals surface area contributed by atoms with Crippen molar-refractivity contribution >= 4 is 17.7 Å². The number of carbonyl (C=O) groups is 1. The van der Waals surface area contributed by atoms with E-state index in [1.807, 2.05) is 23.6 Å². The number of amides is 1. The maximum atomic E-state index is 12.3. The summed E-state index contributed by atoms with van der Waals surface area (Å²) >= 11 is 1.92. The number of hydrogen-bond acceptors (Lipinski definition) is 3. The highest BCUT2D eigenvalue weighted by Crippen LogP contribution is 2.39. The van der Waals surface area contributed by atoms with Gasteiger partial charge in [-0.1, -0.05) is 0 Å². The van der Waals surface area contributed by atoms with Crippen molar-refractivity contribution in [2.24, 2.45) is 11.7 Å². The maximum absolute atomic E-state index is 12.3. The highest BCUT2D eigenvalue weighted by atomic mass is 32.2. The topological polar surface area (TPSA) is 46.3 Å². The van der Waals surface area contributed by atoms with Crippen LogP contribution >= 0.6 is 11.8 Å². The van der Waals surface area contributed by atoms with Gasteiger partial charge in [0.2, 0.25) is 5.91 Å². The van der Waals surface area contributed by atoms with Crippen molar-refractivity contribution in [1.29, 1.82) is 0 Å². The molecule has 0 radical (unpaired) electrons. The number of rotatable bonds is 2. The molecule has 1 aliphatic carbocycles. The third-order valence-electron chi connectivity index (χ3n) is 3.51. The average Bonchev–Trinajstić information content (AvgIpc) is 3.00. The summed E-state index contributed by atoms with van der Waals surface area (Å²) in [7, 11) is 0. The second-order valence-electron chi connectivity index (χ2n) is 4.98. The Morgan fingerprint density at radius 3 is 2.73 bits per heavy atom. The second kappa shape index (κ2) is 3.98. The lowest BCUT2D eigenvalue weighted by molar-refractivity contribution is -0.138. The highest BCUT2D eigenvalue weighted by Gasteiger charge is 2.46. The van der Waals surface area contributed by atoms with Gasteiger partial charge in [0.15, 0.2) is 0 Å². The predicted molar refractivity (Wildman–Crippen MR) is 63.8 cm³/mol. The summed E-state index contributed by atoms with van der Waals surface area (Å²) in [5.74, 6) is 2.69. The molecule has 4 heteroatoms. The Hall–Kier alpha value is -0.220. The van der Waals surface area contributed by atoms with Gasteiger partial charge in [-0.15, -0.1) is 0 Å². The van der Waals surface area contributed by atoms with Gasteiger partial charge in [0.1, 0.15) is 0 Å². The number of nitrogens with zero attached hydrogens (tertiary/aromatic N) is 1. The average molecular weight is 228 g/mol. The van der Waals surface area contributed by atoms with Crippen LogP contribution in [0.1, 0.15) is 26.7 Å². The van der Waals surface area contributed by atoms with Crippen molar-refractivity contribution in [1.82, 2.24) is 4.90 Å². The third kappa shape index (κ3) is 2.16. The van der Waals surface area contributed by atoms with Crippen LogP contribution in [0.25, 0.3) is 0 Å². The molecule has 0 aromatic heterocycles. The minimum Gasteiger partial charge on any atom is -0.337 e. The van der Waals surface area contributed by atoms with Gasteiger partial charge in [-0.2, -0.15) is 11.8 Å². The van der Waals surface area contributed by atoms with Crippen LogP contribution in [0.4, 0.5) is 0 Å². The summed E-state index contributed by atoms with van der Waals surface area (Å²) in [5.41, 5.74) is 5.55. The summed E-state index contributed by atoms with van der Waals surface area (Å²) in [5, 5.41) is 0. The maximum Gasteiger partial charge on any atom is 0.242 e. The molecule has 2 unspecified atom stereocenters. The van der Waals surface area contributed by atoms with Crippen LogP contribution in [0.3, 0.4) is 0 Å². The molecule has 0 aromatic carbocycles. The van der Waals surface area contributed by atoms with E-state index in [2.05, 4.69) is 6.92 Å². The molecule has 15 heavy (non-hydrogen) atoms. The van der Waals surface area contributed by atoms with E-state index in [9.17, 15) is 4.79 Å². The van der Waals surface area contributed by atoms with E-state index in [0.717, 1.165) is 30.9 Å². The number of thioether (sulfide) groups is 1. The Labute approximate surface area is 95.8 Å². The summed E-state index contributed by atoms with van der Waals surface area (Å²) < 4.78 is 0. The molecule has 0 bridgehead atoms. The van der Waals surface area contributed by atoms with E-state index < -0.39 is 5.54 Å². The molecule has 1 aliphatic heterocycles. The quantitative estimate of drug-likeness (QED) is 0.769. The summed E-state index contributed by atoms with van der Waals surface area (Å²) in [4.78, 5) is 14.3. The first-order valence-electron chi connectivity index (χ1n) is 5.71. The molecule has 2 fully saturated rings. The first-order valence-corrected chi connectivity index (χ1v) is 6.86. The van der Waals surface area contributed by atoms with Gasteiger partial charge < -0.3 is 10.6 Å². The Morgan fingerprint density at radius 2 is 2.20 bits per heavy atom. The van der Waals surface area contributed by atoms with E-state index in [1.54, 1.807) is 0 Å². The molecular weight excluding hydrogens is 208 g/mol. The summed E-state index contributed by atoms with van der Waals surface area (Å²) in [6.45, 7) is 4.89. The van der Waals surface area contributed by atoms with Crippen LogP contribution in [-0.4, -0.2) is 40.4 Å². The van der Waals surface area contributed by atoms with Gasteiger partial charge in [-0.3, -0.25) is 4.79 Å². The molecular formula is C11H20N2OS. The molecule has 0 spiro atoms. The number of nitrogens with two attached hydrogens (primary N) is 1. The molecule has 1 saturated carbocycles. The lowest BCUT2D eigenvalue weighted by Gasteiger charge is -2.38. The highest BCUT2D eigenvalue weighted by molar-refractivity contribution is 7.99. The van der Waals surface area contributed by atoms with Gasteiger partial charge in [-0.25, -0.2) is 0 Å². The Morgan fingerprint density at radius 1 is 1.53 bits per heavy atom. The molecule has 2 N–H and O–H groups in total. The van der Waals surface area contributed by atoms with Crippen molar-refractivity contribution in [3.63, 3.8) is 0 Å². The Kier molecular flexibility index (Phi) is 2.99. The summed E-state index contributed by atoms with van der Waals surface area (Å²) in [6.07, 6.45) is 2.24. The van der Waals surface area contributed by atoms with Crippen molar-refractivity contribution in [3.05, 3.63) is 0 Å². The van der Waals surface area contributed by atoms with Crippen molar-refractivity contribution in [3.8, 4) is 0 Å².